The third-order valence-electron chi connectivity index (χ3n) is 2.37. The van der Waals surface area contributed by atoms with Gasteiger partial charge in [-0.3, -0.25) is 4.79 Å². The topological polar surface area (TPSA) is 44.1 Å². The lowest BCUT2D eigenvalue weighted by Gasteiger charge is -2.21. The molecule has 1 amide bonds. The summed E-state index contributed by atoms with van der Waals surface area (Å²) < 4.78 is 0. The predicted molar refractivity (Wildman–Crippen MR) is 68.1 cm³/mol. The highest BCUT2D eigenvalue weighted by molar-refractivity contribution is 6.18. The molecule has 1 aromatic carbocycles. The van der Waals surface area contributed by atoms with Crippen LogP contribution in [-0.2, 0) is 0 Å². The molecule has 0 atom stereocenters. The lowest BCUT2D eigenvalue weighted by atomic mass is 10.1. The number of amides is 1. The average molecular weight is 251 g/mol. The van der Waals surface area contributed by atoms with Gasteiger partial charge in [0, 0.05) is 24.5 Å². The van der Waals surface area contributed by atoms with E-state index in [-0.39, 0.29) is 5.91 Å². The molecule has 0 aromatic heterocycles. The smallest absolute Gasteiger partial charge is 0.253 e. The zero-order valence-corrected chi connectivity index (χ0v) is 10.6. The van der Waals surface area contributed by atoms with Crippen molar-refractivity contribution in [2.24, 2.45) is 0 Å². The van der Waals surface area contributed by atoms with Gasteiger partial charge in [-0.2, -0.15) is 5.26 Å². The van der Waals surface area contributed by atoms with Crippen molar-refractivity contribution in [2.75, 3.05) is 19.0 Å². The van der Waals surface area contributed by atoms with E-state index >= 15 is 0 Å². The second-order valence-electron chi connectivity index (χ2n) is 3.67. The standard InChI is InChI=1S/C13H15ClN2O/c1-2-7-16(8-6-14)13(17)12-5-3-4-11(9-12)10-15/h3-5,9H,2,6-8H2,1H3. The van der Waals surface area contributed by atoms with Crippen molar-refractivity contribution in [3.05, 3.63) is 35.4 Å². The molecule has 0 saturated carbocycles. The molecule has 0 aliphatic heterocycles. The summed E-state index contributed by atoms with van der Waals surface area (Å²) in [6.07, 6.45) is 0.889. The van der Waals surface area contributed by atoms with Gasteiger partial charge in [0.2, 0.25) is 0 Å². The first-order chi connectivity index (χ1) is 8.22. The lowest BCUT2D eigenvalue weighted by molar-refractivity contribution is 0.0765. The highest BCUT2D eigenvalue weighted by Gasteiger charge is 2.14. The summed E-state index contributed by atoms with van der Waals surface area (Å²) in [6.45, 7) is 3.23. The molecular formula is C13H15ClN2O. The third-order valence-corrected chi connectivity index (χ3v) is 2.54. The van der Waals surface area contributed by atoms with Crippen LogP contribution in [0.15, 0.2) is 24.3 Å². The van der Waals surface area contributed by atoms with Gasteiger partial charge in [0.25, 0.3) is 5.91 Å². The maximum absolute atomic E-state index is 12.2. The van der Waals surface area contributed by atoms with E-state index in [1.165, 1.54) is 0 Å². The Balaban J connectivity index is 2.89. The van der Waals surface area contributed by atoms with E-state index in [2.05, 4.69) is 0 Å². The van der Waals surface area contributed by atoms with Crippen molar-refractivity contribution in [1.82, 2.24) is 4.90 Å². The molecule has 17 heavy (non-hydrogen) atoms. The van der Waals surface area contributed by atoms with Crippen molar-refractivity contribution in [3.63, 3.8) is 0 Å². The molecule has 0 aliphatic rings. The van der Waals surface area contributed by atoms with E-state index in [0.29, 0.717) is 30.1 Å². The number of benzene rings is 1. The zero-order valence-electron chi connectivity index (χ0n) is 9.82. The lowest BCUT2D eigenvalue weighted by Crippen LogP contribution is -2.33. The largest absolute Gasteiger partial charge is 0.337 e. The van der Waals surface area contributed by atoms with Crippen LogP contribution in [0.3, 0.4) is 0 Å². The Labute approximate surface area is 107 Å². The molecule has 0 saturated heterocycles. The highest BCUT2D eigenvalue weighted by atomic mass is 35.5. The van der Waals surface area contributed by atoms with Gasteiger partial charge in [-0.1, -0.05) is 13.0 Å². The molecule has 0 aliphatic carbocycles. The molecule has 0 radical (unpaired) electrons. The Morgan fingerprint density at radius 1 is 1.47 bits per heavy atom. The number of rotatable bonds is 5. The predicted octanol–water partition coefficient (Wildman–Crippen LogP) is 2.65. The molecule has 1 aromatic rings. The molecule has 0 N–H and O–H groups in total. The van der Waals surface area contributed by atoms with E-state index < -0.39 is 0 Å². The van der Waals surface area contributed by atoms with Crippen LogP contribution in [0.25, 0.3) is 0 Å². The fourth-order valence-electron chi connectivity index (χ4n) is 1.59. The van der Waals surface area contributed by atoms with E-state index in [9.17, 15) is 4.79 Å². The van der Waals surface area contributed by atoms with Crippen LogP contribution < -0.4 is 0 Å². The van der Waals surface area contributed by atoms with Gasteiger partial charge in [-0.25, -0.2) is 0 Å². The van der Waals surface area contributed by atoms with Crippen molar-refractivity contribution >= 4 is 17.5 Å². The van der Waals surface area contributed by atoms with Crippen LogP contribution in [0.4, 0.5) is 0 Å². The molecule has 3 nitrogen and oxygen atoms in total. The number of carbonyl (C=O) groups excluding carboxylic acids is 1. The molecule has 0 bridgehead atoms. The SMILES string of the molecule is CCCN(CCCl)C(=O)c1cccc(C#N)c1. The van der Waals surface area contributed by atoms with Gasteiger partial charge in [0.1, 0.15) is 0 Å². The first kappa shape index (κ1) is 13.5. The maximum Gasteiger partial charge on any atom is 0.253 e. The van der Waals surface area contributed by atoms with Crippen LogP contribution in [0.2, 0.25) is 0 Å². The van der Waals surface area contributed by atoms with Gasteiger partial charge in [-0.05, 0) is 24.6 Å². The molecule has 0 heterocycles. The van der Waals surface area contributed by atoms with Crippen LogP contribution in [0, 0.1) is 11.3 Å². The summed E-state index contributed by atoms with van der Waals surface area (Å²) in [6, 6.07) is 8.76. The monoisotopic (exact) mass is 250 g/mol. The minimum Gasteiger partial charge on any atom is -0.337 e. The number of hydrogen-bond donors (Lipinski definition) is 0. The van der Waals surface area contributed by atoms with Gasteiger partial charge in [-0.15, -0.1) is 11.6 Å². The summed E-state index contributed by atoms with van der Waals surface area (Å²) in [7, 11) is 0. The molecule has 4 heteroatoms. The molecule has 1 rings (SSSR count). The van der Waals surface area contributed by atoms with E-state index in [4.69, 9.17) is 16.9 Å². The zero-order chi connectivity index (χ0) is 12.7. The first-order valence-electron chi connectivity index (χ1n) is 5.58. The van der Waals surface area contributed by atoms with Crippen molar-refractivity contribution in [3.8, 4) is 6.07 Å². The number of hydrogen-bond acceptors (Lipinski definition) is 2. The van der Waals surface area contributed by atoms with Crippen LogP contribution >= 0.6 is 11.6 Å². The van der Waals surface area contributed by atoms with Gasteiger partial charge < -0.3 is 4.90 Å². The number of halogens is 1. The van der Waals surface area contributed by atoms with Gasteiger partial charge in [0.15, 0.2) is 0 Å². The van der Waals surface area contributed by atoms with Crippen molar-refractivity contribution in [1.29, 1.82) is 5.26 Å². The van der Waals surface area contributed by atoms with Crippen molar-refractivity contribution < 1.29 is 4.79 Å². The van der Waals surface area contributed by atoms with Crippen molar-refractivity contribution in [2.45, 2.75) is 13.3 Å². The Morgan fingerprint density at radius 2 is 2.24 bits per heavy atom. The number of nitriles is 1. The second kappa shape index (κ2) is 6.93. The highest BCUT2D eigenvalue weighted by Crippen LogP contribution is 2.08. The Kier molecular flexibility index (Phi) is 5.51. The van der Waals surface area contributed by atoms with Gasteiger partial charge >= 0.3 is 0 Å². The first-order valence-corrected chi connectivity index (χ1v) is 6.11. The fraction of sp³-hybridized carbons (Fsp3) is 0.385. The molecule has 90 valence electrons. The minimum atomic E-state index is -0.0652. The Morgan fingerprint density at radius 3 is 2.82 bits per heavy atom. The number of alkyl halides is 1. The molecule has 0 spiro atoms. The Hall–Kier alpha value is -1.53. The quantitative estimate of drug-likeness (QED) is 0.754. The third kappa shape index (κ3) is 3.76. The van der Waals surface area contributed by atoms with E-state index in [1.54, 1.807) is 29.2 Å². The minimum absolute atomic E-state index is 0.0652. The Bertz CT molecular complexity index is 420. The van der Waals surface area contributed by atoms with Gasteiger partial charge in [0.05, 0.1) is 11.6 Å². The summed E-state index contributed by atoms with van der Waals surface area (Å²) in [4.78, 5) is 13.9. The van der Waals surface area contributed by atoms with Crippen LogP contribution in [0.1, 0.15) is 29.3 Å². The average Bonchev–Trinajstić information content (AvgIpc) is 2.38. The van der Waals surface area contributed by atoms with E-state index in [1.807, 2.05) is 13.0 Å². The fourth-order valence-corrected chi connectivity index (χ4v) is 1.80. The number of nitrogens with zero attached hydrogens (tertiary/aromatic N) is 2. The number of carbonyl (C=O) groups is 1. The summed E-state index contributed by atoms with van der Waals surface area (Å²) >= 11 is 5.68. The van der Waals surface area contributed by atoms with Crippen LogP contribution in [0.5, 0.6) is 0 Å². The molecule has 0 fully saturated rings. The molecule has 0 unspecified atom stereocenters. The maximum atomic E-state index is 12.2. The summed E-state index contributed by atoms with van der Waals surface area (Å²) in [5, 5.41) is 8.79. The summed E-state index contributed by atoms with van der Waals surface area (Å²) in [5.74, 6) is 0.355. The molecular weight excluding hydrogens is 236 g/mol. The van der Waals surface area contributed by atoms with Crippen LogP contribution in [-0.4, -0.2) is 29.8 Å². The normalized spacial score (nSPS) is 9.71. The van der Waals surface area contributed by atoms with E-state index in [0.717, 1.165) is 6.42 Å². The summed E-state index contributed by atoms with van der Waals surface area (Å²) in [5.41, 5.74) is 1.04. The second-order valence-corrected chi connectivity index (χ2v) is 4.05.